The van der Waals surface area contributed by atoms with Crippen molar-refractivity contribution in [3.05, 3.63) is 29.8 Å². The Morgan fingerprint density at radius 3 is 2.31 bits per heavy atom. The third-order valence-electron chi connectivity index (χ3n) is 4.71. The summed E-state index contributed by atoms with van der Waals surface area (Å²) in [4.78, 5) is 24.2. The Kier molecular flexibility index (Phi) is 11.6. The van der Waals surface area contributed by atoms with Crippen molar-refractivity contribution in [2.24, 2.45) is 4.36 Å². The number of methoxy groups -OCH3 is 1. The zero-order valence-corrected chi connectivity index (χ0v) is 18.1. The maximum Gasteiger partial charge on any atom is 0.321 e. The normalized spacial score (nSPS) is 12.5. The van der Waals surface area contributed by atoms with Gasteiger partial charge in [-0.3, -0.25) is 10.1 Å². The molecule has 0 fully saturated rings. The summed E-state index contributed by atoms with van der Waals surface area (Å²) in [6.07, 6.45) is 5.54. The Labute approximate surface area is 174 Å². The van der Waals surface area contributed by atoms with E-state index in [9.17, 15) is 18.0 Å². The van der Waals surface area contributed by atoms with E-state index in [0.717, 1.165) is 31.2 Å². The van der Waals surface area contributed by atoms with Gasteiger partial charge in [-0.2, -0.15) is 12.8 Å². The SMILES string of the molecule is CCCCCCC(CCC(C(=O)NC(=O)NC)c1ccc(OC)cc1)N=S(=O)=O. The van der Waals surface area contributed by atoms with Crippen LogP contribution in [-0.4, -0.2) is 40.6 Å². The monoisotopic (exact) mass is 425 g/mol. The van der Waals surface area contributed by atoms with Gasteiger partial charge in [0.25, 0.3) is 0 Å². The highest BCUT2D eigenvalue weighted by atomic mass is 32.2. The lowest BCUT2D eigenvalue weighted by atomic mass is 9.90. The summed E-state index contributed by atoms with van der Waals surface area (Å²) in [6, 6.07) is 6.07. The minimum absolute atomic E-state index is 0.369. The van der Waals surface area contributed by atoms with E-state index in [2.05, 4.69) is 21.9 Å². The lowest BCUT2D eigenvalue weighted by Crippen LogP contribution is -2.40. The molecule has 3 amide bonds. The molecule has 162 valence electrons. The van der Waals surface area contributed by atoms with Gasteiger partial charge < -0.3 is 10.1 Å². The molecule has 0 bridgehead atoms. The molecule has 2 N–H and O–H groups in total. The molecule has 9 heteroatoms. The first kappa shape index (κ1) is 24.6. The summed E-state index contributed by atoms with van der Waals surface area (Å²) >= 11 is 0. The van der Waals surface area contributed by atoms with Gasteiger partial charge in [-0.1, -0.05) is 44.7 Å². The lowest BCUT2D eigenvalue weighted by Gasteiger charge is -2.19. The smallest absolute Gasteiger partial charge is 0.321 e. The Bertz CT molecular complexity index is 770. The van der Waals surface area contributed by atoms with Gasteiger partial charge in [0, 0.05) is 7.05 Å². The van der Waals surface area contributed by atoms with Gasteiger partial charge in [0.1, 0.15) is 5.75 Å². The van der Waals surface area contributed by atoms with Crippen molar-refractivity contribution < 1.29 is 22.7 Å². The Balaban J connectivity index is 2.93. The number of carbonyl (C=O) groups excluding carboxylic acids is 2. The molecule has 0 heterocycles. The third-order valence-corrected chi connectivity index (χ3v) is 5.18. The molecular weight excluding hydrogens is 394 g/mol. The number of urea groups is 1. The van der Waals surface area contributed by atoms with Crippen molar-refractivity contribution in [1.82, 2.24) is 10.6 Å². The van der Waals surface area contributed by atoms with Gasteiger partial charge in [-0.15, -0.1) is 0 Å². The molecule has 0 radical (unpaired) electrons. The molecule has 0 spiro atoms. The van der Waals surface area contributed by atoms with Crippen LogP contribution < -0.4 is 15.4 Å². The summed E-state index contributed by atoms with van der Waals surface area (Å²) in [7, 11) is 0.491. The van der Waals surface area contributed by atoms with E-state index in [4.69, 9.17) is 4.74 Å². The molecule has 29 heavy (non-hydrogen) atoms. The van der Waals surface area contributed by atoms with E-state index >= 15 is 0 Å². The second-order valence-electron chi connectivity index (χ2n) is 6.80. The third kappa shape index (κ3) is 9.56. The summed E-state index contributed by atoms with van der Waals surface area (Å²) in [6.45, 7) is 2.11. The van der Waals surface area contributed by atoms with Crippen molar-refractivity contribution in [2.45, 2.75) is 63.8 Å². The number of nitrogens with one attached hydrogen (secondary N) is 2. The fourth-order valence-corrected chi connectivity index (χ4v) is 3.54. The minimum atomic E-state index is -2.49. The Morgan fingerprint density at radius 2 is 1.76 bits per heavy atom. The van der Waals surface area contributed by atoms with Crippen LogP contribution in [0.4, 0.5) is 4.79 Å². The maximum atomic E-state index is 12.6. The first-order valence-corrected chi connectivity index (χ1v) is 10.9. The summed E-state index contributed by atoms with van der Waals surface area (Å²) < 4.78 is 31.1. The van der Waals surface area contributed by atoms with Gasteiger partial charge in [0.05, 0.1) is 19.1 Å². The van der Waals surface area contributed by atoms with Crippen molar-refractivity contribution in [1.29, 1.82) is 0 Å². The summed E-state index contributed by atoms with van der Waals surface area (Å²) in [5, 5.41) is 4.67. The summed E-state index contributed by atoms with van der Waals surface area (Å²) in [5.74, 6) is -0.390. The molecule has 1 aromatic carbocycles. The molecular formula is C20H31N3O5S. The highest BCUT2D eigenvalue weighted by molar-refractivity contribution is 7.61. The van der Waals surface area contributed by atoms with Crippen LogP contribution in [0.1, 0.15) is 63.4 Å². The number of unbranched alkanes of at least 4 members (excludes halogenated alkanes) is 3. The number of amides is 3. The molecule has 2 atom stereocenters. The number of hydrogen-bond donors (Lipinski definition) is 2. The van der Waals surface area contributed by atoms with Gasteiger partial charge in [-0.05, 0) is 37.0 Å². The topological polar surface area (TPSA) is 114 Å². The number of benzene rings is 1. The highest BCUT2D eigenvalue weighted by Gasteiger charge is 2.24. The predicted molar refractivity (Wildman–Crippen MR) is 111 cm³/mol. The Hall–Kier alpha value is -2.42. The van der Waals surface area contributed by atoms with Crippen LogP contribution in [-0.2, 0) is 15.3 Å². The molecule has 0 saturated carbocycles. The number of carbonyl (C=O) groups is 2. The van der Waals surface area contributed by atoms with Crippen LogP contribution in [0.2, 0.25) is 0 Å². The van der Waals surface area contributed by atoms with E-state index in [0.29, 0.717) is 25.0 Å². The van der Waals surface area contributed by atoms with Crippen molar-refractivity contribution >= 4 is 22.4 Å². The fourth-order valence-electron chi connectivity index (χ4n) is 3.08. The number of ether oxygens (including phenoxy) is 1. The second kappa shape index (κ2) is 13.7. The molecule has 0 aliphatic carbocycles. The zero-order valence-electron chi connectivity index (χ0n) is 17.3. The zero-order chi connectivity index (χ0) is 21.6. The minimum Gasteiger partial charge on any atom is -0.497 e. The average molecular weight is 426 g/mol. The van der Waals surface area contributed by atoms with E-state index in [1.54, 1.807) is 31.4 Å². The Morgan fingerprint density at radius 1 is 1.07 bits per heavy atom. The van der Waals surface area contributed by atoms with Crippen LogP contribution in [0, 0.1) is 0 Å². The van der Waals surface area contributed by atoms with Crippen molar-refractivity contribution in [3.8, 4) is 5.75 Å². The van der Waals surface area contributed by atoms with Gasteiger partial charge >= 0.3 is 16.5 Å². The molecule has 8 nitrogen and oxygen atoms in total. The molecule has 0 aliphatic heterocycles. The van der Waals surface area contributed by atoms with Crippen LogP contribution in [0.5, 0.6) is 5.75 Å². The maximum absolute atomic E-state index is 12.6. The van der Waals surface area contributed by atoms with E-state index in [-0.39, 0.29) is 6.04 Å². The predicted octanol–water partition coefficient (Wildman–Crippen LogP) is 3.42. The van der Waals surface area contributed by atoms with Crippen LogP contribution >= 0.6 is 0 Å². The highest BCUT2D eigenvalue weighted by Crippen LogP contribution is 2.26. The number of imide groups is 1. The van der Waals surface area contributed by atoms with Crippen LogP contribution in [0.25, 0.3) is 0 Å². The van der Waals surface area contributed by atoms with Gasteiger partial charge in [-0.25, -0.2) is 4.79 Å². The summed E-state index contributed by atoms with van der Waals surface area (Å²) in [5.41, 5.74) is 0.722. The fraction of sp³-hybridized carbons (Fsp3) is 0.600. The number of nitrogens with zero attached hydrogens (tertiary/aromatic N) is 1. The molecule has 2 unspecified atom stereocenters. The van der Waals surface area contributed by atoms with Crippen molar-refractivity contribution in [3.63, 3.8) is 0 Å². The average Bonchev–Trinajstić information content (AvgIpc) is 2.71. The van der Waals surface area contributed by atoms with E-state index in [1.165, 1.54) is 7.05 Å². The second-order valence-corrected chi connectivity index (χ2v) is 7.44. The standard InChI is InChI=1S/C20H31N3O5S/c1-4-5-6-7-8-16(23-29(26)27)11-14-18(19(24)22-20(25)21-2)15-9-12-17(28-3)13-10-15/h9-10,12-13,16,18H,4-8,11,14H2,1-3H3,(H2,21,22,24,25). The molecule has 1 aromatic rings. The van der Waals surface area contributed by atoms with E-state index in [1.807, 2.05) is 0 Å². The first-order chi connectivity index (χ1) is 13.9. The number of hydrogen-bond acceptors (Lipinski definition) is 6. The van der Waals surface area contributed by atoms with E-state index < -0.39 is 28.4 Å². The first-order valence-electron chi connectivity index (χ1n) is 9.88. The van der Waals surface area contributed by atoms with Crippen LogP contribution in [0.15, 0.2) is 28.6 Å². The molecule has 0 aromatic heterocycles. The van der Waals surface area contributed by atoms with Gasteiger partial charge in [0.2, 0.25) is 5.91 Å². The van der Waals surface area contributed by atoms with Crippen molar-refractivity contribution in [2.75, 3.05) is 14.2 Å². The lowest BCUT2D eigenvalue weighted by molar-refractivity contribution is -0.121. The largest absolute Gasteiger partial charge is 0.497 e. The molecule has 0 aliphatic rings. The molecule has 0 saturated heterocycles. The van der Waals surface area contributed by atoms with Crippen LogP contribution in [0.3, 0.4) is 0 Å². The number of rotatable bonds is 12. The van der Waals surface area contributed by atoms with Gasteiger partial charge in [0.15, 0.2) is 0 Å². The quantitative estimate of drug-likeness (QED) is 0.498. The molecule has 1 rings (SSSR count).